The minimum absolute atomic E-state index is 0.149. The monoisotopic (exact) mass is 286 g/mol. The minimum atomic E-state index is 0.149. The van der Waals surface area contributed by atoms with E-state index in [4.69, 9.17) is 9.47 Å². The number of benzene rings is 1. The summed E-state index contributed by atoms with van der Waals surface area (Å²) in [7, 11) is 0. The summed E-state index contributed by atoms with van der Waals surface area (Å²) in [6.07, 6.45) is 2.41. The second-order valence-electron chi connectivity index (χ2n) is 3.70. The van der Waals surface area contributed by atoms with E-state index in [1.807, 2.05) is 37.3 Å². The van der Waals surface area contributed by atoms with E-state index in [0.717, 1.165) is 30.5 Å². The molecule has 0 aliphatic heterocycles. The molecule has 2 nitrogen and oxygen atoms in total. The molecule has 0 aliphatic rings. The van der Waals surface area contributed by atoms with Crippen LogP contribution >= 0.6 is 15.9 Å². The Morgan fingerprint density at radius 3 is 2.62 bits per heavy atom. The van der Waals surface area contributed by atoms with Crippen LogP contribution in [0.25, 0.3) is 0 Å². The summed E-state index contributed by atoms with van der Waals surface area (Å²) < 4.78 is 11.2. The Labute approximate surface area is 106 Å². The summed E-state index contributed by atoms with van der Waals surface area (Å²) in [5, 5.41) is 1.05. The van der Waals surface area contributed by atoms with Crippen molar-refractivity contribution in [2.45, 2.75) is 25.9 Å². The molecule has 0 N–H and O–H groups in total. The zero-order valence-electron chi connectivity index (χ0n) is 9.69. The van der Waals surface area contributed by atoms with E-state index in [1.165, 1.54) is 0 Å². The molecular weight excluding hydrogens is 268 g/mol. The number of hydrogen-bond donors (Lipinski definition) is 0. The van der Waals surface area contributed by atoms with Crippen LogP contribution in [0.1, 0.15) is 19.8 Å². The predicted molar refractivity (Wildman–Crippen MR) is 70.4 cm³/mol. The largest absolute Gasteiger partial charge is 0.491 e. The fraction of sp³-hybridized carbons (Fsp3) is 0.538. The molecule has 1 unspecified atom stereocenters. The summed E-state index contributed by atoms with van der Waals surface area (Å²) >= 11 is 3.40. The standard InChI is InChI=1S/C13H19BrO2/c1-12(15-10-6-5-9-14)11-16-13-7-3-2-4-8-13/h2-4,7-8,12H,5-6,9-11H2,1H3. The van der Waals surface area contributed by atoms with E-state index in [1.54, 1.807) is 0 Å². The topological polar surface area (TPSA) is 18.5 Å². The van der Waals surface area contributed by atoms with Crippen LogP contribution in [0.4, 0.5) is 0 Å². The van der Waals surface area contributed by atoms with Gasteiger partial charge in [0.1, 0.15) is 12.4 Å². The van der Waals surface area contributed by atoms with Crippen molar-refractivity contribution in [1.29, 1.82) is 0 Å². The highest BCUT2D eigenvalue weighted by atomic mass is 79.9. The van der Waals surface area contributed by atoms with Gasteiger partial charge in [0.2, 0.25) is 0 Å². The first-order valence-electron chi connectivity index (χ1n) is 5.68. The van der Waals surface area contributed by atoms with Crippen molar-refractivity contribution in [2.75, 3.05) is 18.5 Å². The molecule has 0 radical (unpaired) electrons. The highest BCUT2D eigenvalue weighted by Crippen LogP contribution is 2.09. The van der Waals surface area contributed by atoms with Gasteiger partial charge >= 0.3 is 0 Å². The van der Waals surface area contributed by atoms with E-state index in [9.17, 15) is 0 Å². The van der Waals surface area contributed by atoms with Gasteiger partial charge in [0.05, 0.1) is 6.10 Å². The summed E-state index contributed by atoms with van der Waals surface area (Å²) in [5.74, 6) is 0.901. The van der Waals surface area contributed by atoms with Crippen molar-refractivity contribution < 1.29 is 9.47 Å². The Kier molecular flexibility index (Phi) is 7.26. The molecule has 1 aromatic rings. The average Bonchev–Trinajstić information content (AvgIpc) is 2.33. The predicted octanol–water partition coefficient (Wildman–Crippen LogP) is 3.65. The SMILES string of the molecule is CC(COc1ccccc1)OCCCCBr. The minimum Gasteiger partial charge on any atom is -0.491 e. The van der Waals surface area contributed by atoms with Crippen LogP contribution < -0.4 is 4.74 Å². The van der Waals surface area contributed by atoms with Gasteiger partial charge in [-0.25, -0.2) is 0 Å². The molecule has 3 heteroatoms. The van der Waals surface area contributed by atoms with Crippen molar-refractivity contribution in [3.05, 3.63) is 30.3 Å². The number of unbranched alkanes of at least 4 members (excludes halogenated alkanes) is 1. The van der Waals surface area contributed by atoms with Gasteiger partial charge in [-0.05, 0) is 31.9 Å². The van der Waals surface area contributed by atoms with E-state index in [0.29, 0.717) is 6.61 Å². The first-order valence-corrected chi connectivity index (χ1v) is 6.80. The second-order valence-corrected chi connectivity index (χ2v) is 4.49. The van der Waals surface area contributed by atoms with Crippen molar-refractivity contribution in [1.82, 2.24) is 0 Å². The average molecular weight is 287 g/mol. The van der Waals surface area contributed by atoms with Gasteiger partial charge in [-0.15, -0.1) is 0 Å². The lowest BCUT2D eigenvalue weighted by Crippen LogP contribution is -2.18. The number of ether oxygens (including phenoxy) is 2. The highest BCUT2D eigenvalue weighted by Gasteiger charge is 2.02. The van der Waals surface area contributed by atoms with E-state index < -0.39 is 0 Å². The fourth-order valence-corrected chi connectivity index (χ4v) is 1.66. The number of rotatable bonds is 8. The molecule has 1 rings (SSSR count). The summed E-state index contributed by atoms with van der Waals surface area (Å²) in [4.78, 5) is 0. The van der Waals surface area contributed by atoms with Gasteiger partial charge in [0.15, 0.2) is 0 Å². The lowest BCUT2D eigenvalue weighted by atomic mass is 10.3. The normalized spacial score (nSPS) is 12.4. The molecule has 0 fully saturated rings. The number of para-hydroxylation sites is 1. The first-order chi connectivity index (χ1) is 7.83. The maximum Gasteiger partial charge on any atom is 0.119 e. The van der Waals surface area contributed by atoms with Crippen LogP contribution in [-0.4, -0.2) is 24.6 Å². The Bertz CT molecular complexity index is 264. The molecule has 0 saturated heterocycles. The van der Waals surface area contributed by atoms with E-state index in [2.05, 4.69) is 15.9 Å². The van der Waals surface area contributed by atoms with Gasteiger partial charge in [-0.2, -0.15) is 0 Å². The van der Waals surface area contributed by atoms with Crippen molar-refractivity contribution in [3.8, 4) is 5.75 Å². The van der Waals surface area contributed by atoms with E-state index >= 15 is 0 Å². The third-order valence-electron chi connectivity index (χ3n) is 2.16. The second kappa shape index (κ2) is 8.59. The molecule has 0 amide bonds. The Morgan fingerprint density at radius 1 is 1.19 bits per heavy atom. The highest BCUT2D eigenvalue weighted by molar-refractivity contribution is 9.09. The smallest absolute Gasteiger partial charge is 0.119 e. The van der Waals surface area contributed by atoms with Crippen LogP contribution in [0.3, 0.4) is 0 Å². The molecule has 16 heavy (non-hydrogen) atoms. The first kappa shape index (κ1) is 13.5. The molecule has 0 aromatic heterocycles. The molecule has 1 atom stereocenters. The molecular formula is C13H19BrO2. The van der Waals surface area contributed by atoms with Crippen LogP contribution in [0.5, 0.6) is 5.75 Å². The zero-order valence-corrected chi connectivity index (χ0v) is 11.3. The zero-order chi connectivity index (χ0) is 11.6. The summed E-state index contributed by atoms with van der Waals surface area (Å²) in [6.45, 7) is 3.46. The van der Waals surface area contributed by atoms with Crippen LogP contribution in [0.2, 0.25) is 0 Å². The molecule has 0 heterocycles. The Balaban J connectivity index is 2.08. The third kappa shape index (κ3) is 6.13. The lowest BCUT2D eigenvalue weighted by molar-refractivity contribution is 0.0310. The maximum absolute atomic E-state index is 5.62. The Morgan fingerprint density at radius 2 is 1.94 bits per heavy atom. The van der Waals surface area contributed by atoms with Crippen LogP contribution in [0.15, 0.2) is 30.3 Å². The van der Waals surface area contributed by atoms with Crippen molar-refractivity contribution >= 4 is 15.9 Å². The third-order valence-corrected chi connectivity index (χ3v) is 2.72. The maximum atomic E-state index is 5.62. The van der Waals surface area contributed by atoms with Gasteiger partial charge in [0.25, 0.3) is 0 Å². The molecule has 0 saturated carbocycles. The lowest BCUT2D eigenvalue weighted by Gasteiger charge is -2.14. The number of halogens is 1. The number of alkyl halides is 1. The van der Waals surface area contributed by atoms with Gasteiger partial charge in [-0.1, -0.05) is 34.1 Å². The number of hydrogen-bond acceptors (Lipinski definition) is 2. The molecule has 90 valence electrons. The summed E-state index contributed by atoms with van der Waals surface area (Å²) in [6, 6.07) is 9.83. The molecule has 0 aliphatic carbocycles. The van der Waals surface area contributed by atoms with Gasteiger partial charge < -0.3 is 9.47 Å². The van der Waals surface area contributed by atoms with Crippen LogP contribution in [-0.2, 0) is 4.74 Å². The molecule has 1 aromatic carbocycles. The Hall–Kier alpha value is -0.540. The van der Waals surface area contributed by atoms with E-state index in [-0.39, 0.29) is 6.10 Å². The van der Waals surface area contributed by atoms with Crippen molar-refractivity contribution in [2.24, 2.45) is 0 Å². The van der Waals surface area contributed by atoms with Crippen molar-refractivity contribution in [3.63, 3.8) is 0 Å². The summed E-state index contributed by atoms with van der Waals surface area (Å²) in [5.41, 5.74) is 0. The fourth-order valence-electron chi connectivity index (χ4n) is 1.26. The van der Waals surface area contributed by atoms with Crippen LogP contribution in [0, 0.1) is 0 Å². The molecule has 0 spiro atoms. The van der Waals surface area contributed by atoms with Gasteiger partial charge in [0, 0.05) is 11.9 Å². The quantitative estimate of drug-likeness (QED) is 0.537. The van der Waals surface area contributed by atoms with Gasteiger partial charge in [-0.3, -0.25) is 0 Å². The molecule has 0 bridgehead atoms.